The lowest BCUT2D eigenvalue weighted by atomic mass is 10.0. The molecular formula is C27H27N3O4. The molecule has 1 unspecified atom stereocenters. The average Bonchev–Trinajstić information content (AvgIpc) is 3.11. The van der Waals surface area contributed by atoms with E-state index in [1.807, 2.05) is 43.5 Å². The second-order valence-corrected chi connectivity index (χ2v) is 8.38. The van der Waals surface area contributed by atoms with Gasteiger partial charge in [-0.3, -0.25) is 4.79 Å². The number of esters is 1. The Balaban J connectivity index is 1.74. The Kier molecular flexibility index (Phi) is 6.53. The van der Waals surface area contributed by atoms with E-state index in [2.05, 4.69) is 27.8 Å². The van der Waals surface area contributed by atoms with Crippen molar-refractivity contribution in [3.63, 3.8) is 0 Å². The van der Waals surface area contributed by atoms with Gasteiger partial charge in [-0.05, 0) is 37.3 Å². The first kappa shape index (κ1) is 23.3. The Morgan fingerprint density at radius 1 is 1.21 bits per heavy atom. The molecule has 1 aromatic carbocycles. The zero-order valence-corrected chi connectivity index (χ0v) is 19.5. The molecule has 0 radical (unpaired) electrons. The van der Waals surface area contributed by atoms with Crippen LogP contribution in [0.3, 0.4) is 0 Å². The van der Waals surface area contributed by atoms with Gasteiger partial charge in [0.05, 0.1) is 12.3 Å². The van der Waals surface area contributed by atoms with Gasteiger partial charge in [0.2, 0.25) is 5.60 Å². The molecule has 1 saturated heterocycles. The number of ether oxygens (including phenoxy) is 1. The summed E-state index contributed by atoms with van der Waals surface area (Å²) in [6.45, 7) is 3.25. The highest BCUT2D eigenvalue weighted by Gasteiger charge is 2.42. The standard InChI is InChI=1S/C27H27N3O4/c1-4-34-25(31)23-18-21(24-10-5-6-14-29(24)2)17-22(28-23)20-9-7-8-19(16-20)11-12-27(33)13-15-30(3)26(27)32/h5-10,16-18,33H,4,13-15H2,1-3H3. The minimum absolute atomic E-state index is 0.226. The Labute approximate surface area is 199 Å². The molecule has 2 aliphatic heterocycles. The van der Waals surface area contributed by atoms with E-state index in [1.54, 1.807) is 26.1 Å². The Morgan fingerprint density at radius 2 is 2.03 bits per heavy atom. The highest BCUT2D eigenvalue weighted by atomic mass is 16.5. The number of hydrogen-bond donors (Lipinski definition) is 1. The Bertz CT molecular complexity index is 1250. The van der Waals surface area contributed by atoms with E-state index in [4.69, 9.17) is 4.74 Å². The largest absolute Gasteiger partial charge is 0.461 e. The minimum atomic E-state index is -1.66. The number of likely N-dealkylation sites (tertiary alicyclic amines) is 1. The van der Waals surface area contributed by atoms with Crippen molar-refractivity contribution in [2.24, 2.45) is 0 Å². The maximum Gasteiger partial charge on any atom is 0.356 e. The summed E-state index contributed by atoms with van der Waals surface area (Å²) in [7, 11) is 3.64. The predicted molar refractivity (Wildman–Crippen MR) is 129 cm³/mol. The van der Waals surface area contributed by atoms with Crippen molar-refractivity contribution < 1.29 is 19.4 Å². The molecule has 7 nitrogen and oxygen atoms in total. The Hall–Kier alpha value is -3.89. The quantitative estimate of drug-likeness (QED) is 0.562. The van der Waals surface area contributed by atoms with Gasteiger partial charge >= 0.3 is 5.97 Å². The van der Waals surface area contributed by atoms with E-state index >= 15 is 0 Å². The number of allylic oxidation sites excluding steroid dienone is 2. The molecule has 4 rings (SSSR count). The first-order valence-electron chi connectivity index (χ1n) is 11.2. The molecule has 2 aromatic rings. The molecule has 1 amide bonds. The van der Waals surface area contributed by atoms with Crippen molar-refractivity contribution in [2.45, 2.75) is 18.9 Å². The van der Waals surface area contributed by atoms with Crippen molar-refractivity contribution in [3.05, 3.63) is 71.4 Å². The van der Waals surface area contributed by atoms with Crippen molar-refractivity contribution >= 4 is 17.6 Å². The normalized spacial score (nSPS) is 19.5. The smallest absolute Gasteiger partial charge is 0.356 e. The number of likely N-dealkylation sites (N-methyl/N-ethyl adjacent to an activating group) is 2. The highest BCUT2D eigenvalue weighted by molar-refractivity contribution is 5.91. The number of aliphatic hydroxyl groups is 1. The fourth-order valence-electron chi connectivity index (χ4n) is 3.96. The number of rotatable bonds is 4. The summed E-state index contributed by atoms with van der Waals surface area (Å²) in [4.78, 5) is 32.9. The monoisotopic (exact) mass is 457 g/mol. The maximum atomic E-state index is 12.5. The molecule has 1 atom stereocenters. The van der Waals surface area contributed by atoms with Gasteiger partial charge in [0.25, 0.3) is 5.91 Å². The van der Waals surface area contributed by atoms with Crippen molar-refractivity contribution in [1.29, 1.82) is 0 Å². The third-order valence-electron chi connectivity index (χ3n) is 5.87. The van der Waals surface area contributed by atoms with Crippen molar-refractivity contribution in [3.8, 4) is 23.1 Å². The fraction of sp³-hybridized carbons (Fsp3) is 0.296. The highest BCUT2D eigenvalue weighted by Crippen LogP contribution is 2.27. The van der Waals surface area contributed by atoms with Crippen LogP contribution in [-0.4, -0.2) is 71.2 Å². The minimum Gasteiger partial charge on any atom is -0.461 e. The molecule has 2 aliphatic rings. The summed E-state index contributed by atoms with van der Waals surface area (Å²) >= 11 is 0. The van der Waals surface area contributed by atoms with Gasteiger partial charge in [0, 0.05) is 56.0 Å². The predicted octanol–water partition coefficient (Wildman–Crippen LogP) is 2.71. The number of pyridine rings is 1. The van der Waals surface area contributed by atoms with Crippen LogP contribution in [0.4, 0.5) is 0 Å². The van der Waals surface area contributed by atoms with Crippen LogP contribution < -0.4 is 0 Å². The van der Waals surface area contributed by atoms with Gasteiger partial charge in [-0.2, -0.15) is 0 Å². The number of benzene rings is 1. The van der Waals surface area contributed by atoms with E-state index in [0.717, 1.165) is 23.4 Å². The molecule has 1 aromatic heterocycles. The molecule has 0 aliphatic carbocycles. The van der Waals surface area contributed by atoms with Gasteiger partial charge < -0.3 is 19.6 Å². The van der Waals surface area contributed by atoms with Gasteiger partial charge in [-0.15, -0.1) is 0 Å². The summed E-state index contributed by atoms with van der Waals surface area (Å²) in [5.41, 5.74) is 2.38. The van der Waals surface area contributed by atoms with E-state index < -0.39 is 11.6 Å². The summed E-state index contributed by atoms with van der Waals surface area (Å²) in [5.74, 6) is 4.81. The third kappa shape index (κ3) is 4.73. The first-order chi connectivity index (χ1) is 16.3. The van der Waals surface area contributed by atoms with E-state index in [-0.39, 0.29) is 24.6 Å². The molecule has 7 heteroatoms. The SMILES string of the molecule is CCOC(=O)c1cc(C2=CC=CCN2C)cc(-c2cccc(C#CC3(O)CCN(C)C3=O)c2)n1. The summed E-state index contributed by atoms with van der Waals surface area (Å²) in [6, 6.07) is 11.0. The number of carbonyl (C=O) groups is 2. The number of carbonyl (C=O) groups excluding carboxylic acids is 2. The second kappa shape index (κ2) is 9.54. The molecule has 0 saturated carbocycles. The van der Waals surface area contributed by atoms with Gasteiger partial charge in [-0.25, -0.2) is 9.78 Å². The number of hydrogen-bond acceptors (Lipinski definition) is 6. The number of nitrogens with zero attached hydrogens (tertiary/aromatic N) is 3. The Morgan fingerprint density at radius 3 is 2.74 bits per heavy atom. The van der Waals surface area contributed by atoms with Crippen LogP contribution in [0.15, 0.2) is 54.6 Å². The molecule has 3 heterocycles. The molecule has 1 N–H and O–H groups in total. The summed E-state index contributed by atoms with van der Waals surface area (Å²) < 4.78 is 5.20. The zero-order valence-electron chi connectivity index (χ0n) is 19.5. The second-order valence-electron chi connectivity index (χ2n) is 8.38. The fourth-order valence-corrected chi connectivity index (χ4v) is 3.96. The lowest BCUT2D eigenvalue weighted by Crippen LogP contribution is -2.37. The van der Waals surface area contributed by atoms with E-state index in [0.29, 0.717) is 17.8 Å². The lowest BCUT2D eigenvalue weighted by Gasteiger charge is -2.24. The maximum absolute atomic E-state index is 12.5. The van der Waals surface area contributed by atoms with Gasteiger partial charge in [-0.1, -0.05) is 36.1 Å². The molecule has 0 bridgehead atoms. The average molecular weight is 458 g/mol. The molecule has 34 heavy (non-hydrogen) atoms. The van der Waals surface area contributed by atoms with Crippen LogP contribution >= 0.6 is 0 Å². The lowest BCUT2D eigenvalue weighted by molar-refractivity contribution is -0.137. The summed E-state index contributed by atoms with van der Waals surface area (Å²) in [5, 5.41) is 10.6. The molecular weight excluding hydrogens is 430 g/mol. The molecule has 174 valence electrons. The van der Waals surface area contributed by atoms with Crippen LogP contribution in [-0.2, 0) is 9.53 Å². The van der Waals surface area contributed by atoms with Crippen molar-refractivity contribution in [2.75, 3.05) is 33.8 Å². The van der Waals surface area contributed by atoms with Gasteiger partial charge in [0.1, 0.15) is 5.69 Å². The number of aromatic nitrogens is 1. The van der Waals surface area contributed by atoms with Crippen LogP contribution in [0.5, 0.6) is 0 Å². The third-order valence-corrected chi connectivity index (χ3v) is 5.87. The van der Waals surface area contributed by atoms with Crippen LogP contribution in [0, 0.1) is 11.8 Å². The zero-order chi connectivity index (χ0) is 24.3. The van der Waals surface area contributed by atoms with E-state index in [9.17, 15) is 14.7 Å². The first-order valence-corrected chi connectivity index (χ1v) is 11.2. The molecule has 1 fully saturated rings. The van der Waals surface area contributed by atoms with Crippen LogP contribution in [0.1, 0.15) is 35.0 Å². The van der Waals surface area contributed by atoms with Crippen LogP contribution in [0.2, 0.25) is 0 Å². The summed E-state index contributed by atoms with van der Waals surface area (Å²) in [6.07, 6.45) is 6.32. The molecule has 0 spiro atoms. The topological polar surface area (TPSA) is 83.0 Å². The van der Waals surface area contributed by atoms with Crippen molar-refractivity contribution in [1.82, 2.24) is 14.8 Å². The number of amides is 1. The van der Waals surface area contributed by atoms with E-state index in [1.165, 1.54) is 4.90 Å². The van der Waals surface area contributed by atoms with Crippen LogP contribution in [0.25, 0.3) is 17.0 Å². The van der Waals surface area contributed by atoms with Gasteiger partial charge in [0.15, 0.2) is 0 Å².